The van der Waals surface area contributed by atoms with Crippen LogP contribution in [0.4, 0.5) is 11.5 Å². The van der Waals surface area contributed by atoms with Crippen molar-refractivity contribution >= 4 is 22.5 Å². The molecule has 0 saturated carbocycles. The zero-order chi connectivity index (χ0) is 15.8. The quantitative estimate of drug-likeness (QED) is 0.593. The lowest BCUT2D eigenvalue weighted by molar-refractivity contribution is -0.385. The van der Waals surface area contributed by atoms with Gasteiger partial charge < -0.3 is 9.88 Å². The Morgan fingerprint density at radius 1 is 1.26 bits per heavy atom. The van der Waals surface area contributed by atoms with Gasteiger partial charge in [0.25, 0.3) is 5.69 Å². The maximum Gasteiger partial charge on any atom is 0.287 e. The summed E-state index contributed by atoms with van der Waals surface area (Å²) < 4.78 is 0. The van der Waals surface area contributed by atoms with Gasteiger partial charge in [0.15, 0.2) is 0 Å². The number of benzene rings is 1. The molecule has 1 saturated heterocycles. The van der Waals surface area contributed by atoms with Gasteiger partial charge in [-0.05, 0) is 31.0 Å². The predicted octanol–water partition coefficient (Wildman–Crippen LogP) is 3.21. The van der Waals surface area contributed by atoms with Crippen molar-refractivity contribution < 1.29 is 4.92 Å². The molecule has 1 aliphatic rings. The SMILES string of the molecule is O=[N+]([O-])c1ccc(N2CCC[C@H]2c2nc3ccccc3[nH]2)nc1. The summed E-state index contributed by atoms with van der Waals surface area (Å²) in [6.45, 7) is 0.868. The number of nitro groups is 1. The molecule has 1 N–H and O–H groups in total. The summed E-state index contributed by atoms with van der Waals surface area (Å²) in [7, 11) is 0. The van der Waals surface area contributed by atoms with Crippen LogP contribution < -0.4 is 4.90 Å². The molecular weight excluding hydrogens is 294 g/mol. The molecule has 7 nitrogen and oxygen atoms in total. The van der Waals surface area contributed by atoms with E-state index in [-0.39, 0.29) is 11.7 Å². The molecule has 1 aliphatic heterocycles. The minimum atomic E-state index is -0.433. The lowest BCUT2D eigenvalue weighted by atomic mass is 10.2. The molecule has 1 atom stereocenters. The standard InChI is InChI=1S/C16H15N5O2/c22-21(23)11-7-8-15(17-10-11)20-9-3-6-14(20)16-18-12-4-1-2-5-13(12)19-16/h1-2,4-5,7-8,10,14H,3,6,9H2,(H,18,19)/t14-/m0/s1. The summed E-state index contributed by atoms with van der Waals surface area (Å²) in [6.07, 6.45) is 3.34. The smallest absolute Gasteiger partial charge is 0.287 e. The molecule has 3 heterocycles. The maximum absolute atomic E-state index is 10.8. The number of nitrogens with zero attached hydrogens (tertiary/aromatic N) is 4. The van der Waals surface area contributed by atoms with Crippen molar-refractivity contribution in [3.8, 4) is 0 Å². The van der Waals surface area contributed by atoms with Crippen molar-refractivity contribution in [3.05, 3.63) is 58.5 Å². The van der Waals surface area contributed by atoms with Gasteiger partial charge in [0.1, 0.15) is 17.8 Å². The fourth-order valence-electron chi connectivity index (χ4n) is 3.11. The van der Waals surface area contributed by atoms with Crippen molar-refractivity contribution in [2.75, 3.05) is 11.4 Å². The van der Waals surface area contributed by atoms with Crippen LogP contribution in [0.15, 0.2) is 42.6 Å². The molecule has 1 aromatic carbocycles. The molecule has 2 aromatic heterocycles. The first-order valence-electron chi connectivity index (χ1n) is 7.54. The van der Waals surface area contributed by atoms with E-state index in [2.05, 4.69) is 19.9 Å². The number of imidazole rings is 1. The van der Waals surface area contributed by atoms with Gasteiger partial charge in [-0.1, -0.05) is 12.1 Å². The van der Waals surface area contributed by atoms with Gasteiger partial charge in [-0.3, -0.25) is 10.1 Å². The number of pyridine rings is 1. The number of fused-ring (bicyclic) bond motifs is 1. The van der Waals surface area contributed by atoms with Crippen LogP contribution in [0.25, 0.3) is 11.0 Å². The summed E-state index contributed by atoms with van der Waals surface area (Å²) in [5.74, 6) is 1.67. The van der Waals surface area contributed by atoms with Gasteiger partial charge in [0, 0.05) is 12.6 Å². The number of H-pyrrole nitrogens is 1. The third-order valence-corrected chi connectivity index (χ3v) is 4.21. The van der Waals surface area contributed by atoms with E-state index in [1.54, 1.807) is 6.07 Å². The van der Waals surface area contributed by atoms with E-state index >= 15 is 0 Å². The molecule has 0 spiro atoms. The highest BCUT2D eigenvalue weighted by molar-refractivity contribution is 5.75. The molecule has 1 fully saturated rings. The first kappa shape index (κ1) is 13.7. The molecule has 0 bridgehead atoms. The monoisotopic (exact) mass is 309 g/mol. The minimum Gasteiger partial charge on any atom is -0.346 e. The van der Waals surface area contributed by atoms with Crippen molar-refractivity contribution in [1.82, 2.24) is 15.0 Å². The Bertz CT molecular complexity index is 825. The average molecular weight is 309 g/mol. The lowest BCUT2D eigenvalue weighted by Gasteiger charge is -2.23. The fourth-order valence-corrected chi connectivity index (χ4v) is 3.11. The molecule has 0 radical (unpaired) electrons. The summed E-state index contributed by atoms with van der Waals surface area (Å²) in [5, 5.41) is 10.8. The van der Waals surface area contributed by atoms with E-state index in [4.69, 9.17) is 0 Å². The zero-order valence-electron chi connectivity index (χ0n) is 12.3. The van der Waals surface area contributed by atoms with E-state index in [0.717, 1.165) is 42.1 Å². The summed E-state index contributed by atoms with van der Waals surface area (Å²) in [6, 6.07) is 11.3. The molecule has 0 amide bonds. The van der Waals surface area contributed by atoms with E-state index in [1.165, 1.54) is 12.3 Å². The van der Waals surface area contributed by atoms with Crippen molar-refractivity contribution in [2.24, 2.45) is 0 Å². The molecule has 0 unspecified atom stereocenters. The number of aromatic amines is 1. The second-order valence-electron chi connectivity index (χ2n) is 5.62. The Hall–Kier alpha value is -2.96. The highest BCUT2D eigenvalue weighted by atomic mass is 16.6. The van der Waals surface area contributed by atoms with Gasteiger partial charge in [-0.15, -0.1) is 0 Å². The zero-order valence-corrected chi connectivity index (χ0v) is 12.3. The van der Waals surface area contributed by atoms with E-state index in [9.17, 15) is 10.1 Å². The molecule has 3 aromatic rings. The Morgan fingerprint density at radius 3 is 2.87 bits per heavy atom. The number of anilines is 1. The van der Waals surface area contributed by atoms with Crippen LogP contribution in [-0.4, -0.2) is 26.4 Å². The average Bonchev–Trinajstić information content (AvgIpc) is 3.21. The summed E-state index contributed by atoms with van der Waals surface area (Å²) >= 11 is 0. The second-order valence-corrected chi connectivity index (χ2v) is 5.62. The number of hydrogen-bond acceptors (Lipinski definition) is 5. The topological polar surface area (TPSA) is 88.0 Å². The summed E-state index contributed by atoms with van der Waals surface area (Å²) in [5.41, 5.74) is 1.98. The van der Waals surface area contributed by atoms with Gasteiger partial charge in [-0.2, -0.15) is 0 Å². The van der Waals surface area contributed by atoms with Gasteiger partial charge in [0.05, 0.1) is 22.0 Å². The fraction of sp³-hybridized carbons (Fsp3) is 0.250. The number of rotatable bonds is 3. The minimum absolute atomic E-state index is 0.00762. The highest BCUT2D eigenvalue weighted by Gasteiger charge is 2.29. The van der Waals surface area contributed by atoms with Crippen LogP contribution in [-0.2, 0) is 0 Å². The molecule has 7 heteroatoms. The van der Waals surface area contributed by atoms with Crippen molar-refractivity contribution in [1.29, 1.82) is 0 Å². The maximum atomic E-state index is 10.8. The van der Waals surface area contributed by atoms with Crippen LogP contribution in [0, 0.1) is 10.1 Å². The largest absolute Gasteiger partial charge is 0.346 e. The number of nitrogens with one attached hydrogen (secondary N) is 1. The van der Waals surface area contributed by atoms with Gasteiger partial charge in [-0.25, -0.2) is 9.97 Å². The second kappa shape index (κ2) is 5.35. The molecule has 116 valence electrons. The van der Waals surface area contributed by atoms with Crippen molar-refractivity contribution in [2.45, 2.75) is 18.9 Å². The summed E-state index contributed by atoms with van der Waals surface area (Å²) in [4.78, 5) is 24.8. The number of para-hydroxylation sites is 2. The molecular formula is C16H15N5O2. The van der Waals surface area contributed by atoms with E-state index in [1.807, 2.05) is 24.3 Å². The van der Waals surface area contributed by atoms with Gasteiger partial charge in [0.2, 0.25) is 0 Å². The Labute approximate surface area is 132 Å². The van der Waals surface area contributed by atoms with E-state index < -0.39 is 4.92 Å². The molecule has 4 rings (SSSR count). The van der Waals surface area contributed by atoms with Crippen LogP contribution >= 0.6 is 0 Å². The first-order chi connectivity index (χ1) is 11.2. The van der Waals surface area contributed by atoms with E-state index in [0.29, 0.717) is 0 Å². The first-order valence-corrected chi connectivity index (χ1v) is 7.54. The van der Waals surface area contributed by atoms with Crippen LogP contribution in [0.1, 0.15) is 24.7 Å². The Kier molecular flexibility index (Phi) is 3.18. The molecule has 0 aliphatic carbocycles. The van der Waals surface area contributed by atoms with Gasteiger partial charge >= 0.3 is 0 Å². The van der Waals surface area contributed by atoms with Crippen LogP contribution in [0.3, 0.4) is 0 Å². The number of hydrogen-bond donors (Lipinski definition) is 1. The van der Waals surface area contributed by atoms with Crippen LogP contribution in [0.5, 0.6) is 0 Å². The molecule has 23 heavy (non-hydrogen) atoms. The third-order valence-electron chi connectivity index (χ3n) is 4.21. The Balaban J connectivity index is 1.66. The Morgan fingerprint density at radius 2 is 2.13 bits per heavy atom. The normalized spacial score (nSPS) is 17.7. The number of aromatic nitrogens is 3. The third kappa shape index (κ3) is 2.40. The highest BCUT2D eigenvalue weighted by Crippen LogP contribution is 2.34. The predicted molar refractivity (Wildman–Crippen MR) is 86.3 cm³/mol. The van der Waals surface area contributed by atoms with Crippen molar-refractivity contribution in [3.63, 3.8) is 0 Å². The van der Waals surface area contributed by atoms with Crippen LogP contribution in [0.2, 0.25) is 0 Å². The lowest BCUT2D eigenvalue weighted by Crippen LogP contribution is -2.24.